The maximum absolute atomic E-state index is 5.74. The molecule has 0 aromatic heterocycles. The summed E-state index contributed by atoms with van der Waals surface area (Å²) >= 11 is 0. The van der Waals surface area contributed by atoms with Crippen molar-refractivity contribution in [2.45, 2.75) is 91.1 Å². The Balaban J connectivity index is 3.79. The summed E-state index contributed by atoms with van der Waals surface area (Å²) in [5.74, 6) is -0.827. The molecule has 0 fully saturated rings. The van der Waals surface area contributed by atoms with Crippen LogP contribution in [0.4, 0.5) is 0 Å². The molecule has 1 atom stereocenters. The third kappa shape index (κ3) is 10.5. The van der Waals surface area contributed by atoms with E-state index in [1.165, 1.54) is 38.5 Å². The van der Waals surface area contributed by atoms with Gasteiger partial charge in [-0.3, -0.25) is 0 Å². The summed E-state index contributed by atoms with van der Waals surface area (Å²) in [6, 6.07) is 0. The fourth-order valence-corrected chi connectivity index (χ4v) is 2.60. The zero-order valence-corrected chi connectivity index (χ0v) is 15.5. The van der Waals surface area contributed by atoms with Gasteiger partial charge in [-0.2, -0.15) is 0 Å². The standard InChI is InChI=1S/C18H38O4/c1-6-20-18(21-7-2,22-8-3)16-14-12-10-9-11-13-15-17(4)19-5/h17H,6-16H2,1-5H3. The first-order chi connectivity index (χ1) is 10.6. The average Bonchev–Trinajstić information content (AvgIpc) is 2.50. The lowest BCUT2D eigenvalue weighted by molar-refractivity contribution is -0.380. The Morgan fingerprint density at radius 3 is 1.64 bits per heavy atom. The summed E-state index contributed by atoms with van der Waals surface area (Å²) in [5.41, 5.74) is 0. The Labute approximate surface area is 137 Å². The molecule has 0 bridgehead atoms. The Morgan fingerprint density at radius 1 is 0.727 bits per heavy atom. The van der Waals surface area contributed by atoms with E-state index in [9.17, 15) is 0 Å². The summed E-state index contributed by atoms with van der Waals surface area (Å²) in [4.78, 5) is 0. The fraction of sp³-hybridized carbons (Fsp3) is 1.00. The van der Waals surface area contributed by atoms with Gasteiger partial charge in [0.15, 0.2) is 0 Å². The molecule has 0 spiro atoms. The highest BCUT2D eigenvalue weighted by molar-refractivity contribution is 4.59. The molecule has 4 heteroatoms. The van der Waals surface area contributed by atoms with Crippen LogP contribution in [-0.2, 0) is 18.9 Å². The molecule has 0 aromatic carbocycles. The third-order valence-electron chi connectivity index (χ3n) is 3.84. The minimum Gasteiger partial charge on any atom is -0.382 e. The van der Waals surface area contributed by atoms with Crippen LogP contribution in [0.5, 0.6) is 0 Å². The zero-order chi connectivity index (χ0) is 16.7. The van der Waals surface area contributed by atoms with Crippen LogP contribution in [0.25, 0.3) is 0 Å². The molecule has 4 nitrogen and oxygen atoms in total. The SMILES string of the molecule is CCOC(CCCCCCCCC(C)OC)(OCC)OCC. The van der Waals surface area contributed by atoms with Crippen molar-refractivity contribution < 1.29 is 18.9 Å². The second-order valence-electron chi connectivity index (χ2n) is 5.69. The number of ether oxygens (including phenoxy) is 4. The van der Waals surface area contributed by atoms with Gasteiger partial charge in [0.05, 0.1) is 6.10 Å². The molecule has 0 aliphatic rings. The first-order valence-electron chi connectivity index (χ1n) is 9.08. The lowest BCUT2D eigenvalue weighted by atomic mass is 10.1. The summed E-state index contributed by atoms with van der Waals surface area (Å²) in [6.45, 7) is 9.90. The van der Waals surface area contributed by atoms with Crippen molar-refractivity contribution in [2.75, 3.05) is 26.9 Å². The molecule has 1 unspecified atom stereocenters. The van der Waals surface area contributed by atoms with E-state index in [1.807, 2.05) is 20.8 Å². The molecular weight excluding hydrogens is 280 g/mol. The highest BCUT2D eigenvalue weighted by atomic mass is 16.9. The average molecular weight is 318 g/mol. The Kier molecular flexibility index (Phi) is 14.3. The molecule has 0 saturated heterocycles. The Morgan fingerprint density at radius 2 is 1.18 bits per heavy atom. The summed E-state index contributed by atoms with van der Waals surface area (Å²) in [6.07, 6.45) is 9.76. The van der Waals surface area contributed by atoms with Crippen molar-refractivity contribution in [1.29, 1.82) is 0 Å². The molecule has 0 aliphatic heterocycles. The predicted octanol–water partition coefficient (Wildman–Crippen LogP) is 4.91. The van der Waals surface area contributed by atoms with E-state index in [-0.39, 0.29) is 0 Å². The highest BCUT2D eigenvalue weighted by Gasteiger charge is 2.31. The van der Waals surface area contributed by atoms with Gasteiger partial charge in [0.1, 0.15) is 0 Å². The third-order valence-corrected chi connectivity index (χ3v) is 3.84. The molecule has 0 heterocycles. The van der Waals surface area contributed by atoms with Gasteiger partial charge >= 0.3 is 0 Å². The lowest BCUT2D eigenvalue weighted by Gasteiger charge is -2.32. The van der Waals surface area contributed by atoms with Crippen LogP contribution in [0.1, 0.15) is 79.1 Å². The molecular formula is C18H38O4. The second-order valence-corrected chi connectivity index (χ2v) is 5.69. The molecule has 0 rings (SSSR count). The Hall–Kier alpha value is -0.160. The van der Waals surface area contributed by atoms with Crippen molar-refractivity contribution in [3.05, 3.63) is 0 Å². The van der Waals surface area contributed by atoms with Gasteiger partial charge in [-0.05, 0) is 40.5 Å². The number of hydrogen-bond donors (Lipinski definition) is 0. The molecule has 22 heavy (non-hydrogen) atoms. The number of hydrogen-bond acceptors (Lipinski definition) is 4. The number of methoxy groups -OCH3 is 1. The van der Waals surface area contributed by atoms with Crippen molar-refractivity contribution in [1.82, 2.24) is 0 Å². The summed E-state index contributed by atoms with van der Waals surface area (Å²) in [5, 5.41) is 0. The van der Waals surface area contributed by atoms with Crippen molar-refractivity contribution in [2.24, 2.45) is 0 Å². The van der Waals surface area contributed by atoms with Crippen LogP contribution in [0.3, 0.4) is 0 Å². The van der Waals surface area contributed by atoms with Crippen LogP contribution >= 0.6 is 0 Å². The topological polar surface area (TPSA) is 36.9 Å². The maximum Gasteiger partial charge on any atom is 0.282 e. The zero-order valence-electron chi connectivity index (χ0n) is 15.5. The monoisotopic (exact) mass is 318 g/mol. The van der Waals surface area contributed by atoms with Gasteiger partial charge in [-0.15, -0.1) is 0 Å². The predicted molar refractivity (Wildman–Crippen MR) is 91.0 cm³/mol. The molecule has 0 aliphatic carbocycles. The van der Waals surface area contributed by atoms with Crippen LogP contribution in [-0.4, -0.2) is 39.0 Å². The van der Waals surface area contributed by atoms with Crippen LogP contribution < -0.4 is 0 Å². The number of unbranched alkanes of at least 4 members (excludes halogenated alkanes) is 5. The molecule has 0 radical (unpaired) electrons. The minimum atomic E-state index is -0.827. The molecule has 0 N–H and O–H groups in total. The van der Waals surface area contributed by atoms with Crippen molar-refractivity contribution in [3.63, 3.8) is 0 Å². The normalized spacial score (nSPS) is 13.5. The fourth-order valence-electron chi connectivity index (χ4n) is 2.60. The molecule has 0 aromatic rings. The van der Waals surface area contributed by atoms with E-state index in [4.69, 9.17) is 18.9 Å². The molecule has 0 saturated carbocycles. The second kappa shape index (κ2) is 14.4. The maximum atomic E-state index is 5.74. The van der Waals surface area contributed by atoms with Gasteiger partial charge in [-0.25, -0.2) is 0 Å². The van der Waals surface area contributed by atoms with Gasteiger partial charge in [0.25, 0.3) is 5.97 Å². The molecule has 134 valence electrons. The van der Waals surface area contributed by atoms with E-state index < -0.39 is 5.97 Å². The molecule has 0 amide bonds. The van der Waals surface area contributed by atoms with Gasteiger partial charge in [-0.1, -0.05) is 32.1 Å². The van der Waals surface area contributed by atoms with Crippen LogP contribution in [0.15, 0.2) is 0 Å². The van der Waals surface area contributed by atoms with Crippen LogP contribution in [0.2, 0.25) is 0 Å². The van der Waals surface area contributed by atoms with E-state index >= 15 is 0 Å². The lowest BCUT2D eigenvalue weighted by Crippen LogP contribution is -2.39. The summed E-state index contributed by atoms with van der Waals surface area (Å²) < 4.78 is 22.5. The minimum absolute atomic E-state index is 0.393. The van der Waals surface area contributed by atoms with Crippen molar-refractivity contribution in [3.8, 4) is 0 Å². The van der Waals surface area contributed by atoms with Crippen LogP contribution in [0, 0.1) is 0 Å². The van der Waals surface area contributed by atoms with E-state index in [1.54, 1.807) is 7.11 Å². The van der Waals surface area contributed by atoms with Gasteiger partial charge in [0.2, 0.25) is 0 Å². The first-order valence-corrected chi connectivity index (χ1v) is 9.08. The van der Waals surface area contributed by atoms with E-state index in [0.29, 0.717) is 25.9 Å². The van der Waals surface area contributed by atoms with Gasteiger partial charge < -0.3 is 18.9 Å². The number of rotatable bonds is 16. The summed E-state index contributed by atoms with van der Waals surface area (Å²) in [7, 11) is 1.78. The smallest absolute Gasteiger partial charge is 0.282 e. The highest BCUT2D eigenvalue weighted by Crippen LogP contribution is 2.24. The quantitative estimate of drug-likeness (QED) is 0.299. The van der Waals surface area contributed by atoms with Crippen molar-refractivity contribution >= 4 is 0 Å². The first kappa shape index (κ1) is 21.8. The largest absolute Gasteiger partial charge is 0.382 e. The van der Waals surface area contributed by atoms with E-state index in [2.05, 4.69) is 6.92 Å². The van der Waals surface area contributed by atoms with Gasteiger partial charge in [0, 0.05) is 33.4 Å². The Bertz CT molecular complexity index is 216. The van der Waals surface area contributed by atoms with E-state index in [0.717, 1.165) is 12.8 Å².